The summed E-state index contributed by atoms with van der Waals surface area (Å²) >= 11 is 0. The van der Waals surface area contributed by atoms with Crippen molar-refractivity contribution in [3.8, 4) is 0 Å². The van der Waals surface area contributed by atoms with E-state index >= 15 is 0 Å². The normalized spacial score (nSPS) is 23.0. The van der Waals surface area contributed by atoms with Gasteiger partial charge in [-0.1, -0.05) is 13.3 Å². The van der Waals surface area contributed by atoms with Crippen LogP contribution in [0, 0.1) is 5.92 Å². The number of amides is 3. The largest absolute Gasteiger partial charge is 0.478 e. The van der Waals surface area contributed by atoms with E-state index in [1.807, 2.05) is 0 Å². The Bertz CT molecular complexity index is 371. The second-order valence-electron chi connectivity index (χ2n) is 4.76. The van der Waals surface area contributed by atoms with Crippen LogP contribution in [0.15, 0.2) is 12.2 Å². The lowest BCUT2D eigenvalue weighted by Gasteiger charge is -2.28. The third-order valence-corrected chi connectivity index (χ3v) is 3.37. The zero-order valence-electron chi connectivity index (χ0n) is 11.0. The predicted octanol–water partition coefficient (Wildman–Crippen LogP) is 1.42. The second kappa shape index (κ2) is 7.56. The van der Waals surface area contributed by atoms with Crippen LogP contribution in [0.3, 0.4) is 0 Å². The lowest BCUT2D eigenvalue weighted by Crippen LogP contribution is -2.45. The number of aliphatic carboxylic acids is 1. The molecule has 0 aromatic carbocycles. The second-order valence-corrected chi connectivity index (χ2v) is 4.76. The maximum absolute atomic E-state index is 11.5. The van der Waals surface area contributed by atoms with Gasteiger partial charge in [0.2, 0.25) is 0 Å². The minimum Gasteiger partial charge on any atom is -0.478 e. The average molecular weight is 268 g/mol. The van der Waals surface area contributed by atoms with Gasteiger partial charge in [0, 0.05) is 18.2 Å². The number of carbonyl (C=O) groups excluding carboxylic acids is 2. The van der Waals surface area contributed by atoms with Crippen molar-refractivity contribution in [2.45, 2.75) is 45.1 Å². The van der Waals surface area contributed by atoms with Crippen molar-refractivity contribution < 1.29 is 19.5 Å². The highest BCUT2D eigenvalue weighted by molar-refractivity contribution is 6.02. The fourth-order valence-electron chi connectivity index (χ4n) is 2.24. The van der Waals surface area contributed by atoms with E-state index in [1.54, 1.807) is 0 Å². The molecule has 0 heterocycles. The van der Waals surface area contributed by atoms with Crippen molar-refractivity contribution >= 4 is 17.9 Å². The van der Waals surface area contributed by atoms with Crippen LogP contribution in [-0.4, -0.2) is 29.1 Å². The summed E-state index contributed by atoms with van der Waals surface area (Å²) in [7, 11) is 0. The van der Waals surface area contributed by atoms with E-state index in [-0.39, 0.29) is 6.04 Å². The summed E-state index contributed by atoms with van der Waals surface area (Å²) in [5.41, 5.74) is 0. The van der Waals surface area contributed by atoms with Gasteiger partial charge in [0.1, 0.15) is 0 Å². The highest BCUT2D eigenvalue weighted by Gasteiger charge is 2.21. The molecule has 0 aliphatic heterocycles. The van der Waals surface area contributed by atoms with Crippen LogP contribution >= 0.6 is 0 Å². The molecule has 19 heavy (non-hydrogen) atoms. The van der Waals surface area contributed by atoms with Gasteiger partial charge in [-0.3, -0.25) is 10.1 Å². The number of hydrogen-bond donors (Lipinski definition) is 3. The molecular formula is C13H20N2O4. The van der Waals surface area contributed by atoms with Gasteiger partial charge in [0.25, 0.3) is 5.91 Å². The van der Waals surface area contributed by atoms with Gasteiger partial charge in [0.15, 0.2) is 0 Å². The van der Waals surface area contributed by atoms with E-state index < -0.39 is 17.9 Å². The number of urea groups is 1. The molecule has 0 aromatic heterocycles. The molecule has 3 amide bonds. The predicted molar refractivity (Wildman–Crippen MR) is 69.5 cm³/mol. The maximum atomic E-state index is 11.5. The molecule has 0 radical (unpaired) electrons. The molecular weight excluding hydrogens is 248 g/mol. The topological polar surface area (TPSA) is 95.5 Å². The fourth-order valence-corrected chi connectivity index (χ4v) is 2.24. The van der Waals surface area contributed by atoms with Crippen LogP contribution in [0.25, 0.3) is 0 Å². The van der Waals surface area contributed by atoms with Crippen LogP contribution in [0.1, 0.15) is 39.0 Å². The zero-order valence-corrected chi connectivity index (χ0v) is 11.0. The van der Waals surface area contributed by atoms with E-state index in [0.29, 0.717) is 6.08 Å². The van der Waals surface area contributed by atoms with Gasteiger partial charge in [-0.15, -0.1) is 0 Å². The number of nitrogens with one attached hydrogen (secondary N) is 2. The van der Waals surface area contributed by atoms with E-state index in [1.165, 1.54) is 0 Å². The molecule has 1 aliphatic carbocycles. The van der Waals surface area contributed by atoms with E-state index in [4.69, 9.17) is 5.11 Å². The summed E-state index contributed by atoms with van der Waals surface area (Å²) in [6.07, 6.45) is 6.70. The van der Waals surface area contributed by atoms with Gasteiger partial charge in [-0.2, -0.15) is 0 Å². The molecule has 1 saturated carbocycles. The summed E-state index contributed by atoms with van der Waals surface area (Å²) in [5.74, 6) is -1.23. The van der Waals surface area contributed by atoms with Crippen molar-refractivity contribution in [1.29, 1.82) is 0 Å². The summed E-state index contributed by atoms with van der Waals surface area (Å²) in [6, 6.07) is -0.473. The minimum absolute atomic E-state index is 0.0963. The van der Waals surface area contributed by atoms with Gasteiger partial charge >= 0.3 is 12.0 Å². The SMILES string of the molecule is CCC1CCC(NC(=O)NC(=O)C=CC(=O)O)CC1. The van der Waals surface area contributed by atoms with Crippen molar-refractivity contribution in [2.24, 2.45) is 5.92 Å². The molecule has 3 N–H and O–H groups in total. The number of carboxylic acid groups (broad SMARTS) is 1. The molecule has 1 rings (SSSR count). The van der Waals surface area contributed by atoms with Crippen molar-refractivity contribution in [3.05, 3.63) is 12.2 Å². The van der Waals surface area contributed by atoms with Crippen LogP contribution in [0.5, 0.6) is 0 Å². The molecule has 1 fully saturated rings. The van der Waals surface area contributed by atoms with Crippen molar-refractivity contribution in [2.75, 3.05) is 0 Å². The van der Waals surface area contributed by atoms with Crippen LogP contribution in [-0.2, 0) is 9.59 Å². The number of carboxylic acids is 1. The molecule has 0 spiro atoms. The fraction of sp³-hybridized carbons (Fsp3) is 0.615. The smallest absolute Gasteiger partial charge is 0.328 e. The summed E-state index contributed by atoms with van der Waals surface area (Å²) in [4.78, 5) is 32.9. The highest BCUT2D eigenvalue weighted by atomic mass is 16.4. The number of rotatable bonds is 4. The van der Waals surface area contributed by atoms with Crippen molar-refractivity contribution in [3.63, 3.8) is 0 Å². The Kier molecular flexibility index (Phi) is 6.05. The third kappa shape index (κ3) is 6.03. The number of hydrogen-bond acceptors (Lipinski definition) is 3. The first kappa shape index (κ1) is 15.2. The van der Waals surface area contributed by atoms with Crippen LogP contribution in [0.4, 0.5) is 4.79 Å². The molecule has 6 heteroatoms. The molecule has 0 bridgehead atoms. The van der Waals surface area contributed by atoms with Crippen LogP contribution in [0.2, 0.25) is 0 Å². The van der Waals surface area contributed by atoms with Gasteiger partial charge in [-0.05, 0) is 31.6 Å². The van der Waals surface area contributed by atoms with Gasteiger partial charge in [-0.25, -0.2) is 9.59 Å². The molecule has 6 nitrogen and oxygen atoms in total. The minimum atomic E-state index is -1.23. The van der Waals surface area contributed by atoms with E-state index in [9.17, 15) is 14.4 Å². The molecule has 106 valence electrons. The third-order valence-electron chi connectivity index (χ3n) is 3.37. The molecule has 0 aromatic rings. The average Bonchev–Trinajstić information content (AvgIpc) is 2.37. The number of carbonyl (C=O) groups is 3. The lowest BCUT2D eigenvalue weighted by molar-refractivity contribution is -0.131. The quantitative estimate of drug-likeness (QED) is 0.672. The maximum Gasteiger partial charge on any atom is 0.328 e. The Labute approximate surface area is 112 Å². The van der Waals surface area contributed by atoms with Gasteiger partial charge < -0.3 is 10.4 Å². The summed E-state index contributed by atoms with van der Waals surface area (Å²) in [6.45, 7) is 2.17. The number of imide groups is 1. The Morgan fingerprint density at radius 2 is 1.79 bits per heavy atom. The van der Waals surface area contributed by atoms with E-state index in [2.05, 4.69) is 17.6 Å². The zero-order chi connectivity index (χ0) is 14.3. The van der Waals surface area contributed by atoms with E-state index in [0.717, 1.165) is 44.1 Å². The Hall–Kier alpha value is -1.85. The van der Waals surface area contributed by atoms with Crippen LogP contribution < -0.4 is 10.6 Å². The standard InChI is InChI=1S/C13H20N2O4/c1-2-9-3-5-10(6-4-9)14-13(19)15-11(16)7-8-12(17)18/h7-10H,2-6H2,1H3,(H,17,18)(H2,14,15,16,19). The van der Waals surface area contributed by atoms with Crippen molar-refractivity contribution in [1.82, 2.24) is 10.6 Å². The molecule has 0 unspecified atom stereocenters. The Morgan fingerprint density at radius 3 is 2.32 bits per heavy atom. The summed E-state index contributed by atoms with van der Waals surface area (Å²) < 4.78 is 0. The Balaban J connectivity index is 2.28. The first-order chi connectivity index (χ1) is 9.01. The monoisotopic (exact) mass is 268 g/mol. The first-order valence-electron chi connectivity index (χ1n) is 6.53. The first-order valence-corrected chi connectivity index (χ1v) is 6.53. The summed E-state index contributed by atoms with van der Waals surface area (Å²) in [5, 5.41) is 13.1. The Morgan fingerprint density at radius 1 is 1.16 bits per heavy atom. The van der Waals surface area contributed by atoms with Gasteiger partial charge in [0.05, 0.1) is 0 Å². The lowest BCUT2D eigenvalue weighted by atomic mass is 9.85. The molecule has 0 saturated heterocycles. The highest BCUT2D eigenvalue weighted by Crippen LogP contribution is 2.26. The molecule has 1 aliphatic rings. The molecule has 0 atom stereocenters.